The molecule has 0 aromatic heterocycles. The second-order valence-electron chi connectivity index (χ2n) is 4.70. The molecule has 0 bridgehead atoms. The predicted molar refractivity (Wildman–Crippen MR) is 90.6 cm³/mol. The average molecular weight is 333 g/mol. The van der Waals surface area contributed by atoms with E-state index in [1.807, 2.05) is 6.92 Å². The van der Waals surface area contributed by atoms with Crippen LogP contribution in [-0.2, 0) is 0 Å². The number of aromatic hydroxyl groups is 1. The van der Waals surface area contributed by atoms with E-state index in [1.54, 1.807) is 30.3 Å². The predicted octanol–water partition coefficient (Wildman–Crippen LogP) is 4.35. The maximum absolute atomic E-state index is 12.2. The van der Waals surface area contributed by atoms with Gasteiger partial charge in [-0.05, 0) is 49.4 Å². The van der Waals surface area contributed by atoms with E-state index in [2.05, 4.69) is 0 Å². The number of hydrogen-bond donors (Lipinski definition) is 1. The monoisotopic (exact) mass is 332 g/mol. The van der Waals surface area contributed by atoms with Crippen molar-refractivity contribution in [2.75, 3.05) is 13.7 Å². The fourth-order valence-electron chi connectivity index (χ4n) is 2.01. The van der Waals surface area contributed by atoms with Crippen molar-refractivity contribution >= 4 is 23.5 Å². The van der Waals surface area contributed by atoms with Crippen LogP contribution < -0.4 is 9.47 Å². The number of carbonyl (C=O) groups is 1. The Hall–Kier alpha value is -2.46. The first kappa shape index (κ1) is 16.9. The number of ether oxygens (including phenoxy) is 2. The summed E-state index contributed by atoms with van der Waals surface area (Å²) in [5, 5.41) is 9.76. The molecule has 0 fully saturated rings. The summed E-state index contributed by atoms with van der Waals surface area (Å²) < 4.78 is 10.5. The number of phenolic OH excluding ortho intramolecular Hbond substituents is 1. The Bertz CT molecular complexity index is 721. The molecule has 0 unspecified atom stereocenters. The van der Waals surface area contributed by atoms with Gasteiger partial charge < -0.3 is 14.6 Å². The minimum atomic E-state index is -0.153. The second-order valence-corrected chi connectivity index (χ2v) is 5.11. The minimum absolute atomic E-state index is 0.0708. The Balaban J connectivity index is 2.19. The van der Waals surface area contributed by atoms with Crippen LogP contribution in [0.25, 0.3) is 6.08 Å². The summed E-state index contributed by atoms with van der Waals surface area (Å²) in [4.78, 5) is 12.2. The van der Waals surface area contributed by atoms with Crippen molar-refractivity contribution in [1.82, 2.24) is 0 Å². The number of phenols is 1. The highest BCUT2D eigenvalue weighted by Gasteiger charge is 2.08. The number of methoxy groups -OCH3 is 1. The van der Waals surface area contributed by atoms with E-state index in [4.69, 9.17) is 21.1 Å². The Kier molecular flexibility index (Phi) is 5.66. The summed E-state index contributed by atoms with van der Waals surface area (Å²) in [5.74, 6) is 0.931. The van der Waals surface area contributed by atoms with E-state index in [-0.39, 0.29) is 16.6 Å². The molecule has 0 aliphatic carbocycles. The summed E-state index contributed by atoms with van der Waals surface area (Å²) >= 11 is 5.88. The number of allylic oxidation sites excluding steroid dienone is 1. The van der Waals surface area contributed by atoms with E-state index in [9.17, 15) is 9.90 Å². The van der Waals surface area contributed by atoms with Gasteiger partial charge in [-0.25, -0.2) is 0 Å². The molecule has 0 spiro atoms. The molecular formula is C18H17ClO4. The third kappa shape index (κ3) is 4.27. The first-order chi connectivity index (χ1) is 11.0. The first-order valence-electron chi connectivity index (χ1n) is 7.07. The molecule has 0 saturated heterocycles. The molecule has 4 nitrogen and oxygen atoms in total. The van der Waals surface area contributed by atoms with Crippen molar-refractivity contribution in [3.63, 3.8) is 0 Å². The summed E-state index contributed by atoms with van der Waals surface area (Å²) in [7, 11) is 1.48. The topological polar surface area (TPSA) is 55.8 Å². The highest BCUT2D eigenvalue weighted by atomic mass is 35.5. The molecule has 0 aliphatic heterocycles. The molecule has 0 atom stereocenters. The molecule has 2 rings (SSSR count). The molecule has 0 aliphatic rings. The van der Waals surface area contributed by atoms with Crippen LogP contribution in [0.1, 0.15) is 22.8 Å². The standard InChI is InChI=1S/C18H17ClO4/c1-3-23-14-7-4-12(5-8-14)16(20)9-6-13-10-15(19)17(21)11-18(13)22-2/h4-11,21H,3H2,1-2H3/b9-6+. The van der Waals surface area contributed by atoms with Crippen LogP contribution in [0.2, 0.25) is 5.02 Å². The molecular weight excluding hydrogens is 316 g/mol. The molecule has 0 amide bonds. The van der Waals surface area contributed by atoms with Crippen molar-refractivity contribution < 1.29 is 19.4 Å². The van der Waals surface area contributed by atoms with Gasteiger partial charge in [-0.15, -0.1) is 0 Å². The van der Waals surface area contributed by atoms with Crippen molar-refractivity contribution in [1.29, 1.82) is 0 Å². The van der Waals surface area contributed by atoms with Gasteiger partial charge in [0.2, 0.25) is 0 Å². The Morgan fingerprint density at radius 1 is 1.26 bits per heavy atom. The lowest BCUT2D eigenvalue weighted by Gasteiger charge is -2.07. The quantitative estimate of drug-likeness (QED) is 0.631. The van der Waals surface area contributed by atoms with E-state index < -0.39 is 0 Å². The van der Waals surface area contributed by atoms with Crippen molar-refractivity contribution in [3.8, 4) is 17.2 Å². The molecule has 0 saturated carbocycles. The van der Waals surface area contributed by atoms with E-state index in [0.717, 1.165) is 5.75 Å². The smallest absolute Gasteiger partial charge is 0.185 e. The van der Waals surface area contributed by atoms with Crippen LogP contribution in [0.5, 0.6) is 17.2 Å². The van der Waals surface area contributed by atoms with Crippen LogP contribution in [-0.4, -0.2) is 24.6 Å². The van der Waals surface area contributed by atoms with Crippen molar-refractivity contribution in [3.05, 3.63) is 58.6 Å². The van der Waals surface area contributed by atoms with E-state index >= 15 is 0 Å². The molecule has 2 aromatic rings. The molecule has 23 heavy (non-hydrogen) atoms. The van der Waals surface area contributed by atoms with Gasteiger partial charge in [-0.2, -0.15) is 0 Å². The number of hydrogen-bond acceptors (Lipinski definition) is 4. The Morgan fingerprint density at radius 3 is 2.57 bits per heavy atom. The average Bonchev–Trinajstić information content (AvgIpc) is 2.56. The molecule has 1 N–H and O–H groups in total. The van der Waals surface area contributed by atoms with Gasteiger partial charge in [-0.1, -0.05) is 11.6 Å². The zero-order valence-corrected chi connectivity index (χ0v) is 13.6. The third-order valence-electron chi connectivity index (χ3n) is 3.16. The second kappa shape index (κ2) is 7.70. The maximum Gasteiger partial charge on any atom is 0.185 e. The van der Waals surface area contributed by atoms with Crippen LogP contribution >= 0.6 is 11.6 Å². The summed E-state index contributed by atoms with van der Waals surface area (Å²) in [6, 6.07) is 9.86. The normalized spacial score (nSPS) is 10.7. The van der Waals surface area contributed by atoms with Gasteiger partial charge >= 0.3 is 0 Å². The molecule has 0 radical (unpaired) electrons. The summed E-state index contributed by atoms with van der Waals surface area (Å²) in [5.41, 5.74) is 1.16. The lowest BCUT2D eigenvalue weighted by molar-refractivity contribution is 0.104. The van der Waals surface area contributed by atoms with Gasteiger partial charge in [0.05, 0.1) is 18.7 Å². The van der Waals surface area contributed by atoms with Crippen LogP contribution in [0.3, 0.4) is 0 Å². The third-order valence-corrected chi connectivity index (χ3v) is 3.47. The number of ketones is 1. The maximum atomic E-state index is 12.2. The Morgan fingerprint density at radius 2 is 1.96 bits per heavy atom. The fraction of sp³-hybridized carbons (Fsp3) is 0.167. The number of halogens is 1. The lowest BCUT2D eigenvalue weighted by Crippen LogP contribution is -1.96. The highest BCUT2D eigenvalue weighted by Crippen LogP contribution is 2.32. The van der Waals surface area contributed by atoms with E-state index in [0.29, 0.717) is 23.5 Å². The van der Waals surface area contributed by atoms with Gasteiger partial charge in [0.25, 0.3) is 0 Å². The highest BCUT2D eigenvalue weighted by molar-refractivity contribution is 6.32. The zero-order valence-electron chi connectivity index (χ0n) is 12.9. The van der Waals surface area contributed by atoms with Crippen LogP contribution in [0.15, 0.2) is 42.5 Å². The van der Waals surface area contributed by atoms with Crippen LogP contribution in [0.4, 0.5) is 0 Å². The molecule has 120 valence electrons. The minimum Gasteiger partial charge on any atom is -0.506 e. The van der Waals surface area contributed by atoms with Gasteiger partial charge in [0.15, 0.2) is 5.78 Å². The number of benzene rings is 2. The van der Waals surface area contributed by atoms with E-state index in [1.165, 1.54) is 25.3 Å². The van der Waals surface area contributed by atoms with Crippen molar-refractivity contribution in [2.24, 2.45) is 0 Å². The zero-order chi connectivity index (χ0) is 16.8. The molecule has 2 aromatic carbocycles. The Labute approximate surface area is 139 Å². The number of carbonyl (C=O) groups excluding carboxylic acids is 1. The molecule has 0 heterocycles. The van der Waals surface area contributed by atoms with Crippen LogP contribution in [0, 0.1) is 0 Å². The largest absolute Gasteiger partial charge is 0.506 e. The lowest BCUT2D eigenvalue weighted by atomic mass is 10.1. The van der Waals surface area contributed by atoms with Gasteiger partial charge in [-0.3, -0.25) is 4.79 Å². The number of rotatable bonds is 6. The summed E-state index contributed by atoms with van der Waals surface area (Å²) in [6.45, 7) is 2.48. The van der Waals surface area contributed by atoms with Gasteiger partial charge in [0.1, 0.15) is 17.2 Å². The van der Waals surface area contributed by atoms with Gasteiger partial charge in [0, 0.05) is 17.2 Å². The molecule has 5 heteroatoms. The first-order valence-corrected chi connectivity index (χ1v) is 7.44. The van der Waals surface area contributed by atoms with Crippen molar-refractivity contribution in [2.45, 2.75) is 6.92 Å². The fourth-order valence-corrected chi connectivity index (χ4v) is 2.18. The SMILES string of the molecule is CCOc1ccc(C(=O)/C=C/c2cc(Cl)c(O)cc2OC)cc1. The summed E-state index contributed by atoms with van der Waals surface area (Å²) in [6.07, 6.45) is 3.03.